The zero-order chi connectivity index (χ0) is 17.7. The molecule has 24 heavy (non-hydrogen) atoms. The fourth-order valence-corrected chi connectivity index (χ4v) is 3.29. The summed E-state index contributed by atoms with van der Waals surface area (Å²) >= 11 is 0. The number of carbonyl (C=O) groups excluding carboxylic acids is 1. The zero-order valence-corrected chi connectivity index (χ0v) is 14.2. The molecule has 0 saturated carbocycles. The standard InChI is InChI=1S/C18H18O5S/c1-13-10-14(2)18(24(20,21)22)16(11-13)8-9-17(19)23-12-15-6-4-3-5-7-15/h3-11H,12H2,1-2H3,(H,20,21,22)/b9-8+. The van der Waals surface area contributed by atoms with Gasteiger partial charge in [0.1, 0.15) is 11.5 Å². The Morgan fingerprint density at radius 3 is 2.46 bits per heavy atom. The van der Waals surface area contributed by atoms with Crippen LogP contribution in [0.1, 0.15) is 22.3 Å². The number of hydrogen-bond acceptors (Lipinski definition) is 4. The van der Waals surface area contributed by atoms with Gasteiger partial charge in [0.25, 0.3) is 10.1 Å². The molecule has 0 saturated heterocycles. The Balaban J connectivity index is 2.18. The fraction of sp³-hybridized carbons (Fsp3) is 0.167. The van der Waals surface area contributed by atoms with Crippen LogP contribution < -0.4 is 0 Å². The first-order chi connectivity index (χ1) is 11.3. The van der Waals surface area contributed by atoms with Crippen molar-refractivity contribution < 1.29 is 22.5 Å². The van der Waals surface area contributed by atoms with Crippen molar-refractivity contribution in [3.05, 3.63) is 70.8 Å². The van der Waals surface area contributed by atoms with Crippen molar-refractivity contribution in [3.8, 4) is 0 Å². The molecule has 0 atom stereocenters. The van der Waals surface area contributed by atoms with Crippen LogP contribution in [-0.2, 0) is 26.3 Å². The highest BCUT2D eigenvalue weighted by Gasteiger charge is 2.17. The van der Waals surface area contributed by atoms with E-state index in [1.165, 1.54) is 6.08 Å². The SMILES string of the molecule is Cc1cc(C)c(S(=O)(=O)O)c(/C=C/C(=O)OCc2ccccc2)c1. The van der Waals surface area contributed by atoms with Gasteiger partial charge in [-0.05, 0) is 36.6 Å². The molecule has 0 amide bonds. The van der Waals surface area contributed by atoms with Crippen LogP contribution in [0, 0.1) is 13.8 Å². The zero-order valence-electron chi connectivity index (χ0n) is 13.4. The van der Waals surface area contributed by atoms with Gasteiger partial charge >= 0.3 is 5.97 Å². The average Bonchev–Trinajstić information content (AvgIpc) is 2.50. The van der Waals surface area contributed by atoms with Crippen LogP contribution >= 0.6 is 0 Å². The Morgan fingerprint density at radius 1 is 1.17 bits per heavy atom. The molecule has 0 aliphatic carbocycles. The maximum absolute atomic E-state index is 11.8. The van der Waals surface area contributed by atoms with Crippen LogP contribution in [0.4, 0.5) is 0 Å². The number of esters is 1. The van der Waals surface area contributed by atoms with Crippen molar-refractivity contribution in [2.24, 2.45) is 0 Å². The van der Waals surface area contributed by atoms with Crippen molar-refractivity contribution in [2.45, 2.75) is 25.3 Å². The summed E-state index contributed by atoms with van der Waals surface area (Å²) in [6, 6.07) is 12.4. The Bertz CT molecular complexity index is 868. The van der Waals surface area contributed by atoms with Crippen LogP contribution in [0.2, 0.25) is 0 Å². The van der Waals surface area contributed by atoms with E-state index in [0.29, 0.717) is 5.56 Å². The Kier molecular flexibility index (Phi) is 5.54. The number of carbonyl (C=O) groups is 1. The van der Waals surface area contributed by atoms with Crippen LogP contribution in [0.25, 0.3) is 6.08 Å². The van der Waals surface area contributed by atoms with Gasteiger partial charge < -0.3 is 4.74 Å². The molecule has 126 valence electrons. The van der Waals surface area contributed by atoms with Gasteiger partial charge in [-0.15, -0.1) is 0 Å². The van der Waals surface area contributed by atoms with Gasteiger partial charge in [-0.3, -0.25) is 4.55 Å². The van der Waals surface area contributed by atoms with Gasteiger partial charge in [0.05, 0.1) is 0 Å². The lowest BCUT2D eigenvalue weighted by Gasteiger charge is -2.08. The lowest BCUT2D eigenvalue weighted by molar-refractivity contribution is -0.138. The van der Waals surface area contributed by atoms with E-state index in [9.17, 15) is 17.8 Å². The second kappa shape index (κ2) is 7.42. The van der Waals surface area contributed by atoms with E-state index in [2.05, 4.69) is 0 Å². The topological polar surface area (TPSA) is 80.7 Å². The summed E-state index contributed by atoms with van der Waals surface area (Å²) in [4.78, 5) is 11.6. The van der Waals surface area contributed by atoms with Crippen LogP contribution in [0.15, 0.2) is 53.4 Å². The molecule has 0 heterocycles. The third-order valence-corrected chi connectivity index (χ3v) is 4.40. The molecule has 2 rings (SSSR count). The van der Waals surface area contributed by atoms with E-state index in [1.807, 2.05) is 30.3 Å². The van der Waals surface area contributed by atoms with Crippen molar-refractivity contribution in [1.29, 1.82) is 0 Å². The number of hydrogen-bond donors (Lipinski definition) is 1. The normalized spacial score (nSPS) is 11.6. The maximum Gasteiger partial charge on any atom is 0.331 e. The highest BCUT2D eigenvalue weighted by atomic mass is 32.2. The minimum absolute atomic E-state index is 0.127. The molecule has 0 aliphatic rings. The molecule has 2 aromatic rings. The molecule has 5 nitrogen and oxygen atoms in total. The predicted molar refractivity (Wildman–Crippen MR) is 91.0 cm³/mol. The minimum atomic E-state index is -4.39. The van der Waals surface area contributed by atoms with Gasteiger partial charge in [0.15, 0.2) is 0 Å². The van der Waals surface area contributed by atoms with E-state index in [1.54, 1.807) is 26.0 Å². The summed E-state index contributed by atoms with van der Waals surface area (Å²) in [6.45, 7) is 3.51. The minimum Gasteiger partial charge on any atom is -0.458 e. The van der Waals surface area contributed by atoms with E-state index in [-0.39, 0.29) is 17.1 Å². The second-order valence-electron chi connectivity index (χ2n) is 5.40. The lowest BCUT2D eigenvalue weighted by Crippen LogP contribution is -2.05. The molecule has 1 N–H and O–H groups in total. The summed E-state index contributed by atoms with van der Waals surface area (Å²) in [5.74, 6) is -0.598. The largest absolute Gasteiger partial charge is 0.458 e. The van der Waals surface area contributed by atoms with Gasteiger partial charge in [-0.1, -0.05) is 48.0 Å². The molecule has 2 aromatic carbocycles. The number of rotatable bonds is 5. The molecular formula is C18H18O5S. The first-order valence-electron chi connectivity index (χ1n) is 7.25. The Labute approximate surface area is 141 Å². The lowest BCUT2D eigenvalue weighted by atomic mass is 10.1. The van der Waals surface area contributed by atoms with Crippen molar-refractivity contribution in [3.63, 3.8) is 0 Å². The summed E-state index contributed by atoms with van der Waals surface area (Å²) < 4.78 is 37.6. The molecule has 0 spiro atoms. The van der Waals surface area contributed by atoms with Gasteiger partial charge in [0.2, 0.25) is 0 Å². The van der Waals surface area contributed by atoms with Crippen molar-refractivity contribution in [1.82, 2.24) is 0 Å². The first-order valence-corrected chi connectivity index (χ1v) is 8.69. The predicted octanol–water partition coefficient (Wildman–Crippen LogP) is 3.31. The van der Waals surface area contributed by atoms with Crippen molar-refractivity contribution in [2.75, 3.05) is 0 Å². The van der Waals surface area contributed by atoms with E-state index < -0.39 is 16.1 Å². The Hall–Kier alpha value is -2.44. The Morgan fingerprint density at radius 2 is 1.83 bits per heavy atom. The third-order valence-electron chi connectivity index (χ3n) is 3.33. The van der Waals surface area contributed by atoms with Crippen LogP contribution in [0.3, 0.4) is 0 Å². The van der Waals surface area contributed by atoms with E-state index in [0.717, 1.165) is 17.2 Å². The van der Waals surface area contributed by atoms with Gasteiger partial charge in [0, 0.05) is 6.08 Å². The number of ether oxygens (including phenoxy) is 1. The number of aryl methyl sites for hydroxylation is 2. The highest BCUT2D eigenvalue weighted by Crippen LogP contribution is 2.23. The summed E-state index contributed by atoms with van der Waals surface area (Å²) in [7, 11) is -4.39. The van der Waals surface area contributed by atoms with Crippen LogP contribution in [-0.4, -0.2) is 18.9 Å². The summed E-state index contributed by atoms with van der Waals surface area (Å²) in [5.41, 5.74) is 2.32. The average molecular weight is 346 g/mol. The third kappa shape index (κ3) is 4.78. The molecule has 6 heteroatoms. The molecule has 0 fully saturated rings. The molecular weight excluding hydrogens is 328 g/mol. The summed E-state index contributed by atoms with van der Waals surface area (Å²) in [5, 5.41) is 0. The summed E-state index contributed by atoms with van der Waals surface area (Å²) in [6.07, 6.45) is 2.47. The molecule has 0 unspecified atom stereocenters. The van der Waals surface area contributed by atoms with Gasteiger partial charge in [-0.2, -0.15) is 8.42 Å². The maximum atomic E-state index is 11.8. The monoisotopic (exact) mass is 346 g/mol. The second-order valence-corrected chi connectivity index (χ2v) is 6.76. The highest BCUT2D eigenvalue weighted by molar-refractivity contribution is 7.86. The van der Waals surface area contributed by atoms with E-state index >= 15 is 0 Å². The van der Waals surface area contributed by atoms with Crippen molar-refractivity contribution >= 4 is 22.2 Å². The molecule has 0 bridgehead atoms. The molecule has 0 aromatic heterocycles. The molecule has 0 aliphatic heterocycles. The smallest absolute Gasteiger partial charge is 0.331 e. The van der Waals surface area contributed by atoms with Crippen LogP contribution in [0.5, 0.6) is 0 Å². The quantitative estimate of drug-likeness (QED) is 0.510. The van der Waals surface area contributed by atoms with Gasteiger partial charge in [-0.25, -0.2) is 4.79 Å². The number of benzene rings is 2. The van der Waals surface area contributed by atoms with E-state index in [4.69, 9.17) is 4.74 Å². The molecule has 0 radical (unpaired) electrons. The first kappa shape index (κ1) is 17.9. The fourth-order valence-electron chi connectivity index (χ4n) is 2.40.